The standard InChI is InChI=1S/C20H23N3OS/c1-15-9-10-17-18(13-15)25-20(21-17)23(12-11-22(2)3)19(24)14-16-7-5-4-6-8-16/h4-10,13H,11-12,14H2,1-3H3. The summed E-state index contributed by atoms with van der Waals surface area (Å²) < 4.78 is 1.12. The van der Waals surface area contributed by atoms with Gasteiger partial charge in [0, 0.05) is 13.1 Å². The van der Waals surface area contributed by atoms with Crippen LogP contribution in [-0.2, 0) is 11.2 Å². The van der Waals surface area contributed by atoms with Gasteiger partial charge >= 0.3 is 0 Å². The van der Waals surface area contributed by atoms with E-state index in [0.717, 1.165) is 27.5 Å². The molecule has 0 N–H and O–H groups in total. The number of carbonyl (C=O) groups is 1. The smallest absolute Gasteiger partial charge is 0.233 e. The molecule has 1 amide bonds. The molecular weight excluding hydrogens is 330 g/mol. The minimum absolute atomic E-state index is 0.0869. The number of rotatable bonds is 6. The molecule has 2 aromatic carbocycles. The lowest BCUT2D eigenvalue weighted by atomic mass is 10.1. The van der Waals surface area contributed by atoms with Crippen LogP contribution in [0.5, 0.6) is 0 Å². The molecule has 0 aliphatic carbocycles. The van der Waals surface area contributed by atoms with Crippen molar-refractivity contribution in [3.63, 3.8) is 0 Å². The summed E-state index contributed by atoms with van der Waals surface area (Å²) in [5, 5.41) is 0.781. The second kappa shape index (κ2) is 7.76. The Morgan fingerprint density at radius 1 is 1.08 bits per heavy atom. The largest absolute Gasteiger partial charge is 0.308 e. The van der Waals surface area contributed by atoms with Crippen LogP contribution in [0.2, 0.25) is 0 Å². The molecular formula is C20H23N3OS. The highest BCUT2D eigenvalue weighted by Gasteiger charge is 2.20. The van der Waals surface area contributed by atoms with Crippen LogP contribution in [0.3, 0.4) is 0 Å². The number of thiazole rings is 1. The number of hydrogen-bond acceptors (Lipinski definition) is 4. The number of aryl methyl sites for hydroxylation is 1. The number of hydrogen-bond donors (Lipinski definition) is 0. The van der Waals surface area contributed by atoms with Gasteiger partial charge in [0.25, 0.3) is 0 Å². The van der Waals surface area contributed by atoms with Crippen molar-refractivity contribution in [1.82, 2.24) is 9.88 Å². The van der Waals surface area contributed by atoms with Gasteiger partial charge in [-0.25, -0.2) is 4.98 Å². The second-order valence-electron chi connectivity index (χ2n) is 6.48. The number of fused-ring (bicyclic) bond motifs is 1. The van der Waals surface area contributed by atoms with Crippen molar-refractivity contribution in [1.29, 1.82) is 0 Å². The molecule has 25 heavy (non-hydrogen) atoms. The average Bonchev–Trinajstić information content (AvgIpc) is 2.98. The zero-order chi connectivity index (χ0) is 17.8. The number of benzene rings is 2. The molecule has 1 aromatic heterocycles. The van der Waals surface area contributed by atoms with Gasteiger partial charge in [-0.3, -0.25) is 9.69 Å². The molecule has 0 bridgehead atoms. The van der Waals surface area contributed by atoms with Gasteiger partial charge in [-0.05, 0) is 44.3 Å². The molecule has 0 saturated carbocycles. The molecule has 0 unspecified atom stereocenters. The van der Waals surface area contributed by atoms with Gasteiger partial charge < -0.3 is 4.90 Å². The van der Waals surface area contributed by atoms with Crippen LogP contribution in [0.1, 0.15) is 11.1 Å². The van der Waals surface area contributed by atoms with E-state index in [-0.39, 0.29) is 5.91 Å². The van der Waals surface area contributed by atoms with Crippen molar-refractivity contribution in [2.24, 2.45) is 0 Å². The monoisotopic (exact) mass is 353 g/mol. The predicted molar refractivity (Wildman–Crippen MR) is 105 cm³/mol. The summed E-state index contributed by atoms with van der Waals surface area (Å²) in [6, 6.07) is 16.1. The van der Waals surface area contributed by atoms with Gasteiger partial charge in [-0.1, -0.05) is 47.7 Å². The fourth-order valence-corrected chi connectivity index (χ4v) is 3.74. The summed E-state index contributed by atoms with van der Waals surface area (Å²) in [5.41, 5.74) is 3.19. The Morgan fingerprint density at radius 3 is 2.56 bits per heavy atom. The molecule has 0 aliphatic rings. The van der Waals surface area contributed by atoms with Crippen molar-refractivity contribution >= 4 is 32.6 Å². The Morgan fingerprint density at radius 2 is 1.84 bits per heavy atom. The van der Waals surface area contributed by atoms with E-state index in [4.69, 9.17) is 4.98 Å². The summed E-state index contributed by atoms with van der Waals surface area (Å²) in [7, 11) is 4.03. The van der Waals surface area contributed by atoms with Gasteiger partial charge in [0.2, 0.25) is 5.91 Å². The third kappa shape index (κ3) is 4.44. The molecule has 0 fully saturated rings. The van der Waals surface area contributed by atoms with Crippen LogP contribution in [0, 0.1) is 6.92 Å². The highest BCUT2D eigenvalue weighted by atomic mass is 32.1. The van der Waals surface area contributed by atoms with Crippen LogP contribution in [0.25, 0.3) is 10.2 Å². The molecule has 0 saturated heterocycles. The molecule has 0 radical (unpaired) electrons. The van der Waals surface area contributed by atoms with Crippen LogP contribution >= 0.6 is 11.3 Å². The van der Waals surface area contributed by atoms with E-state index in [2.05, 4.69) is 24.0 Å². The molecule has 130 valence electrons. The van der Waals surface area contributed by atoms with E-state index in [1.54, 1.807) is 11.3 Å². The number of aromatic nitrogens is 1. The molecule has 3 aromatic rings. The SMILES string of the molecule is Cc1ccc2nc(N(CCN(C)C)C(=O)Cc3ccccc3)sc2c1. The predicted octanol–water partition coefficient (Wildman–Crippen LogP) is 3.74. The van der Waals surface area contributed by atoms with Crippen molar-refractivity contribution in [2.75, 3.05) is 32.1 Å². The first-order chi connectivity index (χ1) is 12.0. The average molecular weight is 353 g/mol. The number of carbonyl (C=O) groups excluding carboxylic acids is 1. The van der Waals surface area contributed by atoms with Gasteiger partial charge in [0.1, 0.15) is 0 Å². The summed E-state index contributed by atoms with van der Waals surface area (Å²) in [4.78, 5) is 21.6. The summed E-state index contributed by atoms with van der Waals surface area (Å²) in [6.07, 6.45) is 0.392. The van der Waals surface area contributed by atoms with Crippen LogP contribution in [-0.4, -0.2) is 43.0 Å². The normalized spacial score (nSPS) is 11.2. The number of amides is 1. The summed E-state index contributed by atoms with van der Waals surface area (Å²) >= 11 is 1.59. The lowest BCUT2D eigenvalue weighted by Crippen LogP contribution is -2.37. The first kappa shape index (κ1) is 17.6. The zero-order valence-corrected chi connectivity index (χ0v) is 15.7. The minimum Gasteiger partial charge on any atom is -0.308 e. The first-order valence-electron chi connectivity index (χ1n) is 8.39. The Kier molecular flexibility index (Phi) is 5.46. The maximum absolute atomic E-state index is 12.9. The topological polar surface area (TPSA) is 36.4 Å². The Labute approximate surface area is 152 Å². The Balaban J connectivity index is 1.88. The first-order valence-corrected chi connectivity index (χ1v) is 9.21. The fourth-order valence-electron chi connectivity index (χ4n) is 2.63. The van der Waals surface area contributed by atoms with Gasteiger partial charge in [0.15, 0.2) is 5.13 Å². The quantitative estimate of drug-likeness (QED) is 0.677. The maximum Gasteiger partial charge on any atom is 0.233 e. The van der Waals surface area contributed by atoms with Crippen molar-refractivity contribution in [3.05, 3.63) is 59.7 Å². The van der Waals surface area contributed by atoms with E-state index in [0.29, 0.717) is 13.0 Å². The maximum atomic E-state index is 12.9. The highest BCUT2D eigenvalue weighted by Crippen LogP contribution is 2.29. The van der Waals surface area contributed by atoms with E-state index in [9.17, 15) is 4.79 Å². The van der Waals surface area contributed by atoms with Crippen molar-refractivity contribution in [3.8, 4) is 0 Å². The minimum atomic E-state index is 0.0869. The Bertz CT molecular complexity index is 858. The second-order valence-corrected chi connectivity index (χ2v) is 7.49. The molecule has 0 aliphatic heterocycles. The number of anilines is 1. The van der Waals surface area contributed by atoms with Crippen LogP contribution in [0.15, 0.2) is 48.5 Å². The van der Waals surface area contributed by atoms with E-state index >= 15 is 0 Å². The number of likely N-dealkylation sites (N-methyl/N-ethyl adjacent to an activating group) is 1. The van der Waals surface area contributed by atoms with E-state index in [1.165, 1.54) is 5.56 Å². The third-order valence-electron chi connectivity index (χ3n) is 4.03. The fraction of sp³-hybridized carbons (Fsp3) is 0.300. The Hall–Kier alpha value is -2.24. The molecule has 3 rings (SSSR count). The molecule has 0 spiro atoms. The molecule has 1 heterocycles. The third-order valence-corrected chi connectivity index (χ3v) is 5.07. The van der Waals surface area contributed by atoms with Crippen molar-refractivity contribution in [2.45, 2.75) is 13.3 Å². The van der Waals surface area contributed by atoms with Gasteiger partial charge in [-0.15, -0.1) is 0 Å². The zero-order valence-electron chi connectivity index (χ0n) is 14.9. The summed E-state index contributed by atoms with van der Waals surface area (Å²) in [5.74, 6) is 0.0869. The van der Waals surface area contributed by atoms with Crippen LogP contribution in [0.4, 0.5) is 5.13 Å². The molecule has 5 heteroatoms. The summed E-state index contributed by atoms with van der Waals surface area (Å²) in [6.45, 7) is 3.51. The van der Waals surface area contributed by atoms with Crippen LogP contribution < -0.4 is 4.90 Å². The molecule has 0 atom stereocenters. The van der Waals surface area contributed by atoms with Crippen molar-refractivity contribution < 1.29 is 4.79 Å². The lowest BCUT2D eigenvalue weighted by molar-refractivity contribution is -0.118. The number of nitrogens with zero attached hydrogens (tertiary/aromatic N) is 3. The highest BCUT2D eigenvalue weighted by molar-refractivity contribution is 7.22. The van der Waals surface area contributed by atoms with Gasteiger partial charge in [-0.2, -0.15) is 0 Å². The van der Waals surface area contributed by atoms with Gasteiger partial charge in [0.05, 0.1) is 16.6 Å². The lowest BCUT2D eigenvalue weighted by Gasteiger charge is -2.22. The van der Waals surface area contributed by atoms with E-state index < -0.39 is 0 Å². The van der Waals surface area contributed by atoms with E-state index in [1.807, 2.05) is 55.4 Å². The molecule has 4 nitrogen and oxygen atoms in total.